The van der Waals surface area contributed by atoms with E-state index in [2.05, 4.69) is 9.97 Å². The number of aromatic nitrogens is 2. The highest BCUT2D eigenvalue weighted by atomic mass is 35.5. The second-order valence-corrected chi connectivity index (χ2v) is 5.37. The van der Waals surface area contributed by atoms with Crippen molar-refractivity contribution < 1.29 is 14.2 Å². The molecule has 1 fully saturated rings. The van der Waals surface area contributed by atoms with E-state index in [1.54, 1.807) is 7.11 Å². The lowest BCUT2D eigenvalue weighted by molar-refractivity contribution is 0.0246. The summed E-state index contributed by atoms with van der Waals surface area (Å²) in [7, 11) is 1.61. The summed E-state index contributed by atoms with van der Waals surface area (Å²) in [5, 5.41) is 1.19. The molecule has 1 saturated heterocycles. The average molecular weight is 309 g/mol. The second kappa shape index (κ2) is 6.03. The van der Waals surface area contributed by atoms with Gasteiger partial charge in [0.1, 0.15) is 17.1 Å². The van der Waals surface area contributed by atoms with Crippen molar-refractivity contribution in [3.05, 3.63) is 23.1 Å². The van der Waals surface area contributed by atoms with E-state index in [0.717, 1.165) is 37.0 Å². The maximum atomic E-state index is 6.17. The zero-order valence-electron chi connectivity index (χ0n) is 12.1. The van der Waals surface area contributed by atoms with E-state index in [1.165, 1.54) is 0 Å². The fourth-order valence-electron chi connectivity index (χ4n) is 2.43. The first kappa shape index (κ1) is 14.4. The number of hydrogen-bond donors (Lipinski definition) is 0. The van der Waals surface area contributed by atoms with Crippen molar-refractivity contribution in [1.82, 2.24) is 9.97 Å². The average Bonchev–Trinajstić information content (AvgIpc) is 2.47. The summed E-state index contributed by atoms with van der Waals surface area (Å²) in [5.41, 5.74) is 0.760. The smallest absolute Gasteiger partial charge is 0.163 e. The molecule has 5 nitrogen and oxygen atoms in total. The van der Waals surface area contributed by atoms with Crippen LogP contribution in [0.5, 0.6) is 11.5 Å². The van der Waals surface area contributed by atoms with E-state index < -0.39 is 0 Å². The van der Waals surface area contributed by atoms with Crippen molar-refractivity contribution in [3.63, 3.8) is 0 Å². The molecular formula is C15H17ClN2O3. The van der Waals surface area contributed by atoms with Gasteiger partial charge in [0, 0.05) is 24.3 Å². The fourth-order valence-corrected chi connectivity index (χ4v) is 2.71. The van der Waals surface area contributed by atoms with Gasteiger partial charge in [-0.2, -0.15) is 0 Å². The molecule has 0 spiro atoms. The Hall–Kier alpha value is -1.59. The topological polar surface area (TPSA) is 53.5 Å². The predicted octanol–water partition coefficient (Wildman–Crippen LogP) is 3.16. The molecule has 0 N–H and O–H groups in total. The molecular weight excluding hydrogens is 292 g/mol. The number of ether oxygens (including phenoxy) is 3. The van der Waals surface area contributed by atoms with Crippen molar-refractivity contribution in [2.75, 3.05) is 20.3 Å². The molecule has 3 rings (SSSR count). The highest BCUT2D eigenvalue weighted by molar-refractivity contribution is 6.34. The van der Waals surface area contributed by atoms with Crippen molar-refractivity contribution in [3.8, 4) is 11.5 Å². The van der Waals surface area contributed by atoms with Gasteiger partial charge in [0.2, 0.25) is 0 Å². The van der Waals surface area contributed by atoms with Crippen LogP contribution in [-0.4, -0.2) is 36.4 Å². The molecule has 112 valence electrons. The SMILES string of the molecule is COc1cc2c(Cl)nc(C)nc2cc1OC1CCOCC1. The lowest BCUT2D eigenvalue weighted by Gasteiger charge is -2.24. The summed E-state index contributed by atoms with van der Waals surface area (Å²) in [6, 6.07) is 3.69. The van der Waals surface area contributed by atoms with Gasteiger partial charge in [-0.25, -0.2) is 9.97 Å². The molecule has 1 aliphatic heterocycles. The standard InChI is InChI=1S/C15H17ClN2O3/c1-9-17-12-8-14(21-10-3-5-20-6-4-10)13(19-2)7-11(12)15(16)18-9/h7-8,10H,3-6H2,1-2H3. The third-order valence-corrected chi connectivity index (χ3v) is 3.80. The van der Waals surface area contributed by atoms with Gasteiger partial charge in [0.15, 0.2) is 11.5 Å². The normalized spacial score (nSPS) is 16.1. The lowest BCUT2D eigenvalue weighted by Crippen LogP contribution is -2.26. The Labute approximate surface area is 128 Å². The van der Waals surface area contributed by atoms with Gasteiger partial charge in [-0.3, -0.25) is 0 Å². The lowest BCUT2D eigenvalue weighted by atomic mass is 10.1. The fraction of sp³-hybridized carbons (Fsp3) is 0.467. The van der Waals surface area contributed by atoms with Crippen molar-refractivity contribution in [1.29, 1.82) is 0 Å². The van der Waals surface area contributed by atoms with Crippen LogP contribution in [0, 0.1) is 6.92 Å². The maximum Gasteiger partial charge on any atom is 0.163 e. The molecule has 1 aromatic carbocycles. The molecule has 2 heterocycles. The molecule has 0 aliphatic carbocycles. The van der Waals surface area contributed by atoms with Gasteiger partial charge in [-0.1, -0.05) is 11.6 Å². The third-order valence-electron chi connectivity index (χ3n) is 3.51. The van der Waals surface area contributed by atoms with E-state index in [0.29, 0.717) is 22.5 Å². The molecule has 0 bridgehead atoms. The van der Waals surface area contributed by atoms with Gasteiger partial charge >= 0.3 is 0 Å². The summed E-state index contributed by atoms with van der Waals surface area (Å²) < 4.78 is 16.8. The number of hydrogen-bond acceptors (Lipinski definition) is 5. The number of benzene rings is 1. The Morgan fingerprint density at radius 1 is 1.19 bits per heavy atom. The minimum Gasteiger partial charge on any atom is -0.493 e. The van der Waals surface area contributed by atoms with E-state index in [4.69, 9.17) is 25.8 Å². The summed E-state index contributed by atoms with van der Waals surface area (Å²) in [6.45, 7) is 3.27. The summed E-state index contributed by atoms with van der Waals surface area (Å²) in [6.07, 6.45) is 1.90. The van der Waals surface area contributed by atoms with E-state index >= 15 is 0 Å². The van der Waals surface area contributed by atoms with E-state index in [1.807, 2.05) is 19.1 Å². The van der Waals surface area contributed by atoms with Crippen LogP contribution in [0.1, 0.15) is 18.7 Å². The van der Waals surface area contributed by atoms with Gasteiger partial charge < -0.3 is 14.2 Å². The van der Waals surface area contributed by atoms with Crippen LogP contribution < -0.4 is 9.47 Å². The first-order valence-corrected chi connectivity index (χ1v) is 7.31. The van der Waals surface area contributed by atoms with Gasteiger partial charge in [-0.05, 0) is 13.0 Å². The summed E-state index contributed by atoms with van der Waals surface area (Å²) in [4.78, 5) is 8.57. The number of aryl methyl sites for hydroxylation is 1. The molecule has 6 heteroatoms. The van der Waals surface area contributed by atoms with Crippen molar-refractivity contribution in [2.45, 2.75) is 25.9 Å². The minimum absolute atomic E-state index is 0.142. The number of fused-ring (bicyclic) bond motifs is 1. The highest BCUT2D eigenvalue weighted by Crippen LogP contribution is 2.35. The van der Waals surface area contributed by atoms with Crippen LogP contribution in [-0.2, 0) is 4.74 Å². The zero-order valence-corrected chi connectivity index (χ0v) is 12.8. The Kier molecular flexibility index (Phi) is 4.12. The van der Waals surface area contributed by atoms with Gasteiger partial charge in [-0.15, -0.1) is 0 Å². The Bertz CT molecular complexity index is 657. The Balaban J connectivity index is 2.00. The molecule has 0 saturated carbocycles. The minimum atomic E-state index is 0.142. The number of rotatable bonds is 3. The van der Waals surface area contributed by atoms with E-state index in [-0.39, 0.29) is 6.10 Å². The van der Waals surface area contributed by atoms with Crippen molar-refractivity contribution in [2.24, 2.45) is 0 Å². The summed E-state index contributed by atoms with van der Waals surface area (Å²) in [5.74, 6) is 1.96. The number of nitrogens with zero attached hydrogens (tertiary/aromatic N) is 2. The largest absolute Gasteiger partial charge is 0.493 e. The Morgan fingerprint density at radius 2 is 1.95 bits per heavy atom. The van der Waals surface area contributed by atoms with Crippen LogP contribution in [0.15, 0.2) is 12.1 Å². The zero-order chi connectivity index (χ0) is 14.8. The first-order valence-electron chi connectivity index (χ1n) is 6.93. The summed E-state index contributed by atoms with van der Waals surface area (Å²) >= 11 is 6.17. The number of methoxy groups -OCH3 is 1. The predicted molar refractivity (Wildman–Crippen MR) is 80.3 cm³/mol. The Morgan fingerprint density at radius 3 is 2.67 bits per heavy atom. The van der Waals surface area contributed by atoms with Gasteiger partial charge in [0.05, 0.1) is 25.8 Å². The molecule has 1 aliphatic rings. The molecule has 0 amide bonds. The number of halogens is 1. The van der Waals surface area contributed by atoms with Crippen molar-refractivity contribution >= 4 is 22.5 Å². The maximum absolute atomic E-state index is 6.17. The molecule has 21 heavy (non-hydrogen) atoms. The van der Waals surface area contributed by atoms with E-state index in [9.17, 15) is 0 Å². The van der Waals surface area contributed by atoms with Crippen LogP contribution in [0.25, 0.3) is 10.9 Å². The van der Waals surface area contributed by atoms with Crippen LogP contribution in [0.4, 0.5) is 0 Å². The quantitative estimate of drug-likeness (QED) is 0.815. The molecule has 0 unspecified atom stereocenters. The highest BCUT2D eigenvalue weighted by Gasteiger charge is 2.19. The van der Waals surface area contributed by atoms with Gasteiger partial charge in [0.25, 0.3) is 0 Å². The third kappa shape index (κ3) is 3.04. The second-order valence-electron chi connectivity index (χ2n) is 5.01. The molecule has 0 atom stereocenters. The first-order chi connectivity index (χ1) is 10.2. The van der Waals surface area contributed by atoms with Crippen LogP contribution >= 0.6 is 11.6 Å². The van der Waals surface area contributed by atoms with Crippen LogP contribution in [0.3, 0.4) is 0 Å². The molecule has 2 aromatic rings. The van der Waals surface area contributed by atoms with Crippen LogP contribution in [0.2, 0.25) is 5.15 Å². The molecule has 0 radical (unpaired) electrons. The monoisotopic (exact) mass is 308 g/mol. The molecule has 1 aromatic heterocycles.